The number of thiazole rings is 1. The normalized spacial score (nSPS) is 10.2. The molecule has 0 aliphatic rings. The molecule has 3 rings (SSSR count). The average molecular weight is 398 g/mol. The summed E-state index contributed by atoms with van der Waals surface area (Å²) < 4.78 is 10.7. The Kier molecular flexibility index (Phi) is 6.18. The number of benzene rings is 1. The van der Waals surface area contributed by atoms with Crippen LogP contribution in [0.4, 0.5) is 16.6 Å². The summed E-state index contributed by atoms with van der Waals surface area (Å²) in [5.41, 5.74) is 1.51. The molecular formula is C19H18N4O4S. The molecular weight excluding hydrogens is 380 g/mol. The molecule has 0 saturated heterocycles. The van der Waals surface area contributed by atoms with E-state index in [9.17, 15) is 9.59 Å². The standard InChI is InChI=1S/C19H18N4O4S/c1-12(24)21-19-22-13(11-28-19)10-27-18(25)14-6-5-9-20-17(14)23-15-7-3-4-8-16(15)26-2/h3-9,11H,10H2,1-2H3,(H,20,23)(H,21,22,24). The second-order valence-electron chi connectivity index (χ2n) is 5.63. The molecule has 3 aromatic rings. The molecule has 0 atom stereocenters. The quantitative estimate of drug-likeness (QED) is 0.586. The number of carbonyl (C=O) groups excluding carboxylic acids is 2. The molecule has 0 radical (unpaired) electrons. The van der Waals surface area contributed by atoms with Crippen molar-refractivity contribution < 1.29 is 19.1 Å². The number of para-hydroxylation sites is 2. The minimum Gasteiger partial charge on any atom is -0.495 e. The molecule has 28 heavy (non-hydrogen) atoms. The van der Waals surface area contributed by atoms with Gasteiger partial charge in [0.05, 0.1) is 18.5 Å². The number of esters is 1. The van der Waals surface area contributed by atoms with E-state index in [2.05, 4.69) is 20.6 Å². The third-order valence-corrected chi connectivity index (χ3v) is 4.38. The van der Waals surface area contributed by atoms with Crippen molar-refractivity contribution in [1.29, 1.82) is 0 Å². The number of pyridine rings is 1. The fraction of sp³-hybridized carbons (Fsp3) is 0.158. The minimum absolute atomic E-state index is 0.0160. The number of methoxy groups -OCH3 is 1. The van der Waals surface area contributed by atoms with Crippen LogP contribution in [0.5, 0.6) is 5.75 Å². The number of nitrogens with zero attached hydrogens (tertiary/aromatic N) is 2. The molecule has 9 heteroatoms. The number of nitrogens with one attached hydrogen (secondary N) is 2. The van der Waals surface area contributed by atoms with Gasteiger partial charge in [0.2, 0.25) is 5.91 Å². The number of rotatable bonds is 7. The second kappa shape index (κ2) is 8.96. The van der Waals surface area contributed by atoms with Crippen molar-refractivity contribution in [3.63, 3.8) is 0 Å². The Bertz CT molecular complexity index is 989. The van der Waals surface area contributed by atoms with Gasteiger partial charge in [-0.15, -0.1) is 11.3 Å². The highest BCUT2D eigenvalue weighted by molar-refractivity contribution is 7.13. The number of anilines is 3. The van der Waals surface area contributed by atoms with Gasteiger partial charge in [0.25, 0.3) is 0 Å². The van der Waals surface area contributed by atoms with E-state index in [4.69, 9.17) is 9.47 Å². The van der Waals surface area contributed by atoms with Crippen LogP contribution in [0.2, 0.25) is 0 Å². The molecule has 0 aliphatic carbocycles. The Morgan fingerprint density at radius 1 is 1.18 bits per heavy atom. The molecule has 8 nitrogen and oxygen atoms in total. The van der Waals surface area contributed by atoms with Crippen molar-refractivity contribution in [2.24, 2.45) is 0 Å². The van der Waals surface area contributed by atoms with E-state index in [1.165, 1.54) is 18.3 Å². The van der Waals surface area contributed by atoms with Gasteiger partial charge in [-0.3, -0.25) is 4.79 Å². The molecule has 2 N–H and O–H groups in total. The maximum absolute atomic E-state index is 12.5. The first kappa shape index (κ1) is 19.3. The van der Waals surface area contributed by atoms with Crippen molar-refractivity contribution >= 4 is 39.9 Å². The van der Waals surface area contributed by atoms with E-state index in [1.54, 1.807) is 36.9 Å². The van der Waals surface area contributed by atoms with Crippen LogP contribution < -0.4 is 15.4 Å². The zero-order valence-corrected chi connectivity index (χ0v) is 16.1. The number of carbonyl (C=O) groups is 2. The van der Waals surface area contributed by atoms with E-state index < -0.39 is 5.97 Å². The zero-order valence-electron chi connectivity index (χ0n) is 15.3. The Labute approximate surface area is 165 Å². The van der Waals surface area contributed by atoms with Gasteiger partial charge < -0.3 is 20.1 Å². The molecule has 144 valence electrons. The van der Waals surface area contributed by atoms with Crippen LogP contribution in [-0.2, 0) is 16.1 Å². The number of hydrogen-bond acceptors (Lipinski definition) is 8. The van der Waals surface area contributed by atoms with Crippen LogP contribution in [0.1, 0.15) is 23.0 Å². The number of ether oxygens (including phenoxy) is 2. The highest BCUT2D eigenvalue weighted by Gasteiger charge is 2.16. The third-order valence-electron chi connectivity index (χ3n) is 3.57. The van der Waals surface area contributed by atoms with Crippen LogP contribution in [0, 0.1) is 0 Å². The molecule has 0 spiro atoms. The Morgan fingerprint density at radius 2 is 2.00 bits per heavy atom. The fourth-order valence-corrected chi connectivity index (χ4v) is 3.08. The smallest absolute Gasteiger partial charge is 0.342 e. The van der Waals surface area contributed by atoms with E-state index in [1.807, 2.05) is 18.2 Å². The summed E-state index contributed by atoms with van der Waals surface area (Å²) in [4.78, 5) is 32.0. The van der Waals surface area contributed by atoms with Crippen LogP contribution >= 0.6 is 11.3 Å². The molecule has 1 aromatic carbocycles. The maximum Gasteiger partial charge on any atom is 0.342 e. The number of amides is 1. The van der Waals surface area contributed by atoms with Crippen molar-refractivity contribution in [3.8, 4) is 5.75 Å². The minimum atomic E-state index is -0.542. The molecule has 1 amide bonds. The summed E-state index contributed by atoms with van der Waals surface area (Å²) in [7, 11) is 1.57. The number of hydrogen-bond donors (Lipinski definition) is 2. The summed E-state index contributed by atoms with van der Waals surface area (Å²) in [6.45, 7) is 1.39. The van der Waals surface area contributed by atoms with Gasteiger partial charge in [0.1, 0.15) is 23.7 Å². The van der Waals surface area contributed by atoms with Gasteiger partial charge in [-0.25, -0.2) is 14.8 Å². The monoisotopic (exact) mass is 398 g/mol. The van der Waals surface area contributed by atoms with Crippen molar-refractivity contribution in [1.82, 2.24) is 9.97 Å². The molecule has 0 unspecified atom stereocenters. The molecule has 0 fully saturated rings. The van der Waals surface area contributed by atoms with Crippen LogP contribution in [0.15, 0.2) is 48.0 Å². The lowest BCUT2D eigenvalue weighted by molar-refractivity contribution is -0.114. The van der Waals surface area contributed by atoms with E-state index >= 15 is 0 Å². The fourth-order valence-electron chi connectivity index (χ4n) is 2.34. The van der Waals surface area contributed by atoms with Crippen molar-refractivity contribution in [2.75, 3.05) is 17.7 Å². The lowest BCUT2D eigenvalue weighted by Crippen LogP contribution is -2.10. The van der Waals surface area contributed by atoms with Gasteiger partial charge in [-0.2, -0.15) is 0 Å². The Morgan fingerprint density at radius 3 is 2.79 bits per heavy atom. The van der Waals surface area contributed by atoms with Gasteiger partial charge in [0, 0.05) is 18.5 Å². The maximum atomic E-state index is 12.5. The van der Waals surface area contributed by atoms with Crippen molar-refractivity contribution in [3.05, 3.63) is 59.2 Å². The summed E-state index contributed by atoms with van der Waals surface area (Å²) in [5, 5.41) is 7.86. The lowest BCUT2D eigenvalue weighted by Gasteiger charge is -2.13. The molecule has 0 bridgehead atoms. The summed E-state index contributed by atoms with van der Waals surface area (Å²) in [6, 6.07) is 10.6. The predicted octanol–water partition coefficient (Wildman–Crippen LogP) is 3.61. The number of aromatic nitrogens is 2. The largest absolute Gasteiger partial charge is 0.495 e. The molecule has 0 aliphatic heterocycles. The first-order valence-electron chi connectivity index (χ1n) is 8.31. The topological polar surface area (TPSA) is 102 Å². The average Bonchev–Trinajstić information content (AvgIpc) is 3.13. The zero-order chi connectivity index (χ0) is 19.9. The summed E-state index contributed by atoms with van der Waals surface area (Å²) >= 11 is 1.26. The predicted molar refractivity (Wildman–Crippen MR) is 106 cm³/mol. The van der Waals surface area contributed by atoms with Gasteiger partial charge in [-0.1, -0.05) is 12.1 Å². The van der Waals surface area contributed by atoms with Crippen LogP contribution in [-0.4, -0.2) is 29.0 Å². The third kappa shape index (κ3) is 4.83. The molecule has 0 saturated carbocycles. The Balaban J connectivity index is 1.70. The first-order valence-corrected chi connectivity index (χ1v) is 9.19. The van der Waals surface area contributed by atoms with Gasteiger partial charge in [0.15, 0.2) is 5.13 Å². The SMILES string of the molecule is COc1ccccc1Nc1ncccc1C(=O)OCc1csc(NC(C)=O)n1. The van der Waals surface area contributed by atoms with E-state index in [-0.39, 0.29) is 18.1 Å². The summed E-state index contributed by atoms with van der Waals surface area (Å²) in [5.74, 6) is 0.231. The Hall–Kier alpha value is -3.46. The highest BCUT2D eigenvalue weighted by Crippen LogP contribution is 2.28. The first-order chi connectivity index (χ1) is 13.6. The highest BCUT2D eigenvalue weighted by atomic mass is 32.1. The molecule has 2 heterocycles. The van der Waals surface area contributed by atoms with Crippen LogP contribution in [0.25, 0.3) is 0 Å². The second-order valence-corrected chi connectivity index (χ2v) is 6.48. The van der Waals surface area contributed by atoms with Crippen LogP contribution in [0.3, 0.4) is 0 Å². The molecule has 2 aromatic heterocycles. The van der Waals surface area contributed by atoms with Gasteiger partial charge >= 0.3 is 5.97 Å². The summed E-state index contributed by atoms with van der Waals surface area (Å²) in [6.07, 6.45) is 1.58. The lowest BCUT2D eigenvalue weighted by atomic mass is 10.2. The van der Waals surface area contributed by atoms with Gasteiger partial charge in [-0.05, 0) is 24.3 Å². The van der Waals surface area contributed by atoms with E-state index in [0.717, 1.165) is 0 Å². The van der Waals surface area contributed by atoms with Crippen molar-refractivity contribution in [2.45, 2.75) is 13.5 Å². The van der Waals surface area contributed by atoms with E-state index in [0.29, 0.717) is 28.1 Å².